The minimum atomic E-state index is -0.0742. The van der Waals surface area contributed by atoms with Crippen molar-refractivity contribution in [3.05, 3.63) is 76.5 Å². The molecule has 1 aromatic carbocycles. The summed E-state index contributed by atoms with van der Waals surface area (Å²) >= 11 is 5.95. The molecule has 3 aromatic rings. The predicted molar refractivity (Wildman–Crippen MR) is 95.0 cm³/mol. The number of amides is 1. The highest BCUT2D eigenvalue weighted by atomic mass is 35.5. The maximum absolute atomic E-state index is 12.5. The van der Waals surface area contributed by atoms with Gasteiger partial charge in [-0.15, -0.1) is 0 Å². The Morgan fingerprint density at radius 2 is 1.96 bits per heavy atom. The molecule has 4 nitrogen and oxygen atoms in total. The number of furan rings is 1. The molecule has 5 heteroatoms. The van der Waals surface area contributed by atoms with Gasteiger partial charge >= 0.3 is 0 Å². The highest BCUT2D eigenvalue weighted by Gasteiger charge is 2.16. The molecule has 1 N–H and O–H groups in total. The molecular formula is C19H19ClN2O2. The zero-order valence-corrected chi connectivity index (χ0v) is 14.4. The van der Waals surface area contributed by atoms with Crippen molar-refractivity contribution >= 4 is 17.5 Å². The van der Waals surface area contributed by atoms with Crippen LogP contribution in [0.4, 0.5) is 0 Å². The average molecular weight is 343 g/mol. The van der Waals surface area contributed by atoms with Crippen LogP contribution in [0.3, 0.4) is 0 Å². The van der Waals surface area contributed by atoms with Crippen LogP contribution in [-0.2, 0) is 6.42 Å². The zero-order chi connectivity index (χ0) is 17.1. The number of carbonyl (C=O) groups excluding carboxylic acids is 1. The van der Waals surface area contributed by atoms with E-state index in [9.17, 15) is 4.79 Å². The molecule has 0 bridgehead atoms. The number of nitrogens with zero attached hydrogens (tertiary/aromatic N) is 1. The molecule has 0 aliphatic rings. The Kier molecular flexibility index (Phi) is 4.76. The van der Waals surface area contributed by atoms with Gasteiger partial charge in [0, 0.05) is 35.1 Å². The van der Waals surface area contributed by atoms with Crippen LogP contribution in [0.1, 0.15) is 27.5 Å². The molecule has 0 unspecified atom stereocenters. The van der Waals surface area contributed by atoms with Gasteiger partial charge < -0.3 is 14.3 Å². The second kappa shape index (κ2) is 6.97. The van der Waals surface area contributed by atoms with E-state index in [0.29, 0.717) is 23.6 Å². The second-order valence-corrected chi connectivity index (χ2v) is 6.12. The summed E-state index contributed by atoms with van der Waals surface area (Å²) in [5.74, 6) is 0.789. The van der Waals surface area contributed by atoms with Gasteiger partial charge in [0.05, 0.1) is 11.8 Å². The van der Waals surface area contributed by atoms with Gasteiger partial charge in [-0.25, -0.2) is 0 Å². The molecule has 3 rings (SSSR count). The van der Waals surface area contributed by atoms with Gasteiger partial charge in [0.25, 0.3) is 5.91 Å². The molecule has 0 aliphatic heterocycles. The largest absolute Gasteiger partial charge is 0.469 e. The van der Waals surface area contributed by atoms with Crippen molar-refractivity contribution in [1.29, 1.82) is 0 Å². The minimum absolute atomic E-state index is 0.0742. The normalized spacial score (nSPS) is 10.8. The number of hydrogen-bond donors (Lipinski definition) is 1. The summed E-state index contributed by atoms with van der Waals surface area (Å²) in [5.41, 5.74) is 3.59. The summed E-state index contributed by atoms with van der Waals surface area (Å²) in [5, 5.41) is 3.64. The number of nitrogens with one attached hydrogen (secondary N) is 1. The standard InChI is InChI=1S/C19H19ClN2O2/c1-13-12-18(19(23)21-10-9-17-4-3-11-24-17)14(2)22(13)16-7-5-15(20)6-8-16/h3-8,11-12H,9-10H2,1-2H3,(H,21,23). The Bertz CT molecular complexity index is 833. The molecule has 0 radical (unpaired) electrons. The first-order valence-corrected chi connectivity index (χ1v) is 8.19. The SMILES string of the molecule is Cc1cc(C(=O)NCCc2ccco2)c(C)n1-c1ccc(Cl)cc1. The van der Waals surface area contributed by atoms with E-state index in [-0.39, 0.29) is 5.91 Å². The highest BCUT2D eigenvalue weighted by Crippen LogP contribution is 2.22. The van der Waals surface area contributed by atoms with Gasteiger partial charge in [-0.1, -0.05) is 11.6 Å². The van der Waals surface area contributed by atoms with Gasteiger partial charge in [0.1, 0.15) is 5.76 Å². The Hall–Kier alpha value is -2.46. The molecule has 0 fully saturated rings. The van der Waals surface area contributed by atoms with Gasteiger partial charge in [-0.3, -0.25) is 4.79 Å². The van der Waals surface area contributed by atoms with E-state index in [2.05, 4.69) is 9.88 Å². The first-order chi connectivity index (χ1) is 11.6. The predicted octanol–water partition coefficient (Wildman–Crippen LogP) is 4.31. The van der Waals surface area contributed by atoms with Crippen LogP contribution < -0.4 is 5.32 Å². The summed E-state index contributed by atoms with van der Waals surface area (Å²) < 4.78 is 7.32. The Morgan fingerprint density at radius 3 is 2.62 bits per heavy atom. The van der Waals surface area contributed by atoms with E-state index in [0.717, 1.165) is 22.8 Å². The first-order valence-electron chi connectivity index (χ1n) is 7.81. The third-order valence-corrected chi connectivity index (χ3v) is 4.25. The van der Waals surface area contributed by atoms with Gasteiger partial charge in [-0.2, -0.15) is 0 Å². The number of benzene rings is 1. The second-order valence-electron chi connectivity index (χ2n) is 5.68. The lowest BCUT2D eigenvalue weighted by Gasteiger charge is -2.10. The molecule has 0 spiro atoms. The Labute approximate surface area is 146 Å². The summed E-state index contributed by atoms with van der Waals surface area (Å²) in [6, 6.07) is 13.2. The fourth-order valence-electron chi connectivity index (χ4n) is 2.83. The van der Waals surface area contributed by atoms with Gasteiger partial charge in [0.2, 0.25) is 0 Å². The van der Waals surface area contributed by atoms with Crippen molar-refractivity contribution in [1.82, 2.24) is 9.88 Å². The van der Waals surface area contributed by atoms with Gasteiger partial charge in [0.15, 0.2) is 0 Å². The number of carbonyl (C=O) groups is 1. The number of aromatic nitrogens is 1. The van der Waals surface area contributed by atoms with Crippen molar-refractivity contribution < 1.29 is 9.21 Å². The van der Waals surface area contributed by atoms with E-state index < -0.39 is 0 Å². The van der Waals surface area contributed by atoms with Crippen molar-refractivity contribution in [2.45, 2.75) is 20.3 Å². The Balaban J connectivity index is 1.75. The molecule has 0 aliphatic carbocycles. The average Bonchev–Trinajstić information content (AvgIpc) is 3.17. The third kappa shape index (κ3) is 3.39. The monoisotopic (exact) mass is 342 g/mol. The van der Waals surface area contributed by atoms with E-state index >= 15 is 0 Å². The minimum Gasteiger partial charge on any atom is -0.469 e. The molecule has 0 saturated heterocycles. The quantitative estimate of drug-likeness (QED) is 0.751. The summed E-state index contributed by atoms with van der Waals surface area (Å²) in [4.78, 5) is 12.5. The topological polar surface area (TPSA) is 47.2 Å². The van der Waals surface area contributed by atoms with Crippen molar-refractivity contribution in [3.63, 3.8) is 0 Å². The fraction of sp³-hybridized carbons (Fsp3) is 0.211. The van der Waals surface area contributed by atoms with Crippen LogP contribution in [0.25, 0.3) is 5.69 Å². The van der Waals surface area contributed by atoms with E-state index in [1.54, 1.807) is 6.26 Å². The number of halogens is 1. The van der Waals surface area contributed by atoms with Crippen molar-refractivity contribution in [3.8, 4) is 5.69 Å². The molecule has 0 saturated carbocycles. The Morgan fingerprint density at radius 1 is 1.21 bits per heavy atom. The lowest BCUT2D eigenvalue weighted by molar-refractivity contribution is 0.0953. The summed E-state index contributed by atoms with van der Waals surface area (Å²) in [6.45, 7) is 4.47. The number of rotatable bonds is 5. The van der Waals surface area contributed by atoms with Crippen LogP contribution in [0.5, 0.6) is 0 Å². The molecular weight excluding hydrogens is 324 g/mol. The van der Waals surface area contributed by atoms with Crippen LogP contribution >= 0.6 is 11.6 Å². The lowest BCUT2D eigenvalue weighted by Crippen LogP contribution is -2.26. The van der Waals surface area contributed by atoms with E-state index in [1.807, 2.05) is 56.3 Å². The molecule has 124 valence electrons. The van der Waals surface area contributed by atoms with Crippen LogP contribution in [-0.4, -0.2) is 17.0 Å². The maximum Gasteiger partial charge on any atom is 0.253 e. The summed E-state index contributed by atoms with van der Waals surface area (Å²) in [6.07, 6.45) is 2.31. The molecule has 2 heterocycles. The number of aryl methyl sites for hydroxylation is 1. The molecule has 24 heavy (non-hydrogen) atoms. The van der Waals surface area contributed by atoms with Crippen LogP contribution in [0.15, 0.2) is 53.1 Å². The highest BCUT2D eigenvalue weighted by molar-refractivity contribution is 6.30. The third-order valence-electron chi connectivity index (χ3n) is 4.00. The fourth-order valence-corrected chi connectivity index (χ4v) is 2.96. The maximum atomic E-state index is 12.5. The van der Waals surface area contributed by atoms with Crippen LogP contribution in [0.2, 0.25) is 5.02 Å². The molecule has 1 amide bonds. The lowest BCUT2D eigenvalue weighted by atomic mass is 10.2. The van der Waals surface area contributed by atoms with Crippen LogP contribution in [0, 0.1) is 13.8 Å². The van der Waals surface area contributed by atoms with Gasteiger partial charge in [-0.05, 0) is 56.3 Å². The zero-order valence-electron chi connectivity index (χ0n) is 13.7. The van der Waals surface area contributed by atoms with E-state index in [4.69, 9.17) is 16.0 Å². The van der Waals surface area contributed by atoms with E-state index in [1.165, 1.54) is 0 Å². The first kappa shape index (κ1) is 16.4. The summed E-state index contributed by atoms with van der Waals surface area (Å²) in [7, 11) is 0. The molecule has 2 aromatic heterocycles. The number of hydrogen-bond acceptors (Lipinski definition) is 2. The van der Waals surface area contributed by atoms with Crippen molar-refractivity contribution in [2.24, 2.45) is 0 Å². The smallest absolute Gasteiger partial charge is 0.253 e. The molecule has 0 atom stereocenters. The van der Waals surface area contributed by atoms with Crippen molar-refractivity contribution in [2.75, 3.05) is 6.54 Å².